The molecule has 0 aliphatic heterocycles. The Bertz CT molecular complexity index is 883. The predicted octanol–water partition coefficient (Wildman–Crippen LogP) is 5.21. The maximum atomic E-state index is 11.5. The molecule has 0 unspecified atom stereocenters. The summed E-state index contributed by atoms with van der Waals surface area (Å²) in [7, 11) is 1.39. The molecule has 0 aliphatic carbocycles. The summed E-state index contributed by atoms with van der Waals surface area (Å²) in [5.74, 6) is 0.621. The molecule has 0 atom stereocenters. The number of hydrogen-bond donors (Lipinski definition) is 0. The summed E-state index contributed by atoms with van der Waals surface area (Å²) in [6.45, 7) is 2.70. The quantitative estimate of drug-likeness (QED) is 0.543. The van der Waals surface area contributed by atoms with Crippen LogP contribution in [0.4, 0.5) is 0 Å². The van der Waals surface area contributed by atoms with Crippen LogP contribution in [0.2, 0.25) is 0 Å². The normalized spacial score (nSPS) is 10.4. The number of benzene rings is 3. The van der Waals surface area contributed by atoms with E-state index in [1.165, 1.54) is 18.2 Å². The first kappa shape index (κ1) is 18.7. The van der Waals surface area contributed by atoms with Crippen molar-refractivity contribution in [2.45, 2.75) is 26.4 Å². The Labute approximate surface area is 160 Å². The van der Waals surface area contributed by atoms with Crippen LogP contribution in [0.15, 0.2) is 72.8 Å². The monoisotopic (exact) mass is 360 g/mol. The summed E-state index contributed by atoms with van der Waals surface area (Å²) < 4.78 is 10.8. The molecule has 0 aliphatic rings. The molecule has 0 amide bonds. The zero-order valence-electron chi connectivity index (χ0n) is 15.8. The number of hydrogen-bond acceptors (Lipinski definition) is 3. The Morgan fingerprint density at radius 2 is 1.56 bits per heavy atom. The maximum Gasteiger partial charge on any atom is 0.337 e. The highest BCUT2D eigenvalue weighted by Crippen LogP contribution is 2.24. The predicted molar refractivity (Wildman–Crippen MR) is 107 cm³/mol. The number of ether oxygens (including phenoxy) is 2. The van der Waals surface area contributed by atoms with Gasteiger partial charge in [0.15, 0.2) is 0 Å². The summed E-state index contributed by atoms with van der Waals surface area (Å²) in [5, 5.41) is 0. The van der Waals surface area contributed by atoms with Gasteiger partial charge >= 0.3 is 5.97 Å². The number of esters is 1. The van der Waals surface area contributed by atoms with E-state index in [9.17, 15) is 4.79 Å². The summed E-state index contributed by atoms with van der Waals surface area (Å²) in [6, 6.07) is 24.1. The van der Waals surface area contributed by atoms with Crippen LogP contribution < -0.4 is 4.74 Å². The molecule has 0 radical (unpaired) electrons. The number of carbonyl (C=O) groups is 1. The fourth-order valence-electron chi connectivity index (χ4n) is 2.98. The van der Waals surface area contributed by atoms with Gasteiger partial charge in [-0.25, -0.2) is 4.79 Å². The van der Waals surface area contributed by atoms with Crippen molar-refractivity contribution in [2.24, 2.45) is 0 Å². The molecule has 3 aromatic carbocycles. The van der Waals surface area contributed by atoms with E-state index in [-0.39, 0.29) is 5.97 Å². The summed E-state index contributed by atoms with van der Waals surface area (Å²) in [5.41, 5.74) is 5.25. The highest BCUT2D eigenvalue weighted by Gasteiger charge is 2.07. The van der Waals surface area contributed by atoms with Gasteiger partial charge in [-0.05, 0) is 53.3 Å². The van der Waals surface area contributed by atoms with Crippen LogP contribution >= 0.6 is 0 Å². The molecule has 27 heavy (non-hydrogen) atoms. The Hall–Kier alpha value is -3.07. The first-order chi connectivity index (χ1) is 13.2. The smallest absolute Gasteiger partial charge is 0.337 e. The molecule has 0 saturated heterocycles. The first-order valence-corrected chi connectivity index (χ1v) is 9.15. The van der Waals surface area contributed by atoms with E-state index in [1.807, 2.05) is 30.3 Å². The third-order valence-corrected chi connectivity index (χ3v) is 4.53. The van der Waals surface area contributed by atoms with Gasteiger partial charge < -0.3 is 9.47 Å². The fourth-order valence-corrected chi connectivity index (χ4v) is 2.98. The van der Waals surface area contributed by atoms with Gasteiger partial charge in [0.1, 0.15) is 12.4 Å². The number of carbonyl (C=O) groups excluding carboxylic acids is 1. The Kier molecular flexibility index (Phi) is 6.26. The van der Waals surface area contributed by atoms with Crippen LogP contribution in [0.1, 0.15) is 39.5 Å². The fraction of sp³-hybridized carbons (Fsp3) is 0.208. The van der Waals surface area contributed by atoms with Crippen molar-refractivity contribution in [3.63, 3.8) is 0 Å². The van der Waals surface area contributed by atoms with Crippen molar-refractivity contribution in [3.05, 3.63) is 101 Å². The number of aryl methyl sites for hydroxylation is 1. The van der Waals surface area contributed by atoms with Crippen LogP contribution in [0.5, 0.6) is 5.75 Å². The number of methoxy groups -OCH3 is 1. The summed E-state index contributed by atoms with van der Waals surface area (Å²) in [4.78, 5) is 11.5. The lowest BCUT2D eigenvalue weighted by atomic mass is 10.0. The topological polar surface area (TPSA) is 35.5 Å². The largest absolute Gasteiger partial charge is 0.489 e. The minimum absolute atomic E-state index is 0.314. The molecule has 0 N–H and O–H groups in total. The van der Waals surface area contributed by atoms with E-state index in [0.29, 0.717) is 12.2 Å². The van der Waals surface area contributed by atoms with Gasteiger partial charge in [-0.2, -0.15) is 0 Å². The molecule has 3 aromatic rings. The van der Waals surface area contributed by atoms with Crippen LogP contribution in [-0.2, 0) is 24.2 Å². The van der Waals surface area contributed by atoms with Crippen LogP contribution in [0.3, 0.4) is 0 Å². The summed E-state index contributed by atoms with van der Waals surface area (Å²) >= 11 is 0. The van der Waals surface area contributed by atoms with E-state index in [0.717, 1.165) is 29.7 Å². The molecule has 0 aromatic heterocycles. The van der Waals surface area contributed by atoms with Crippen molar-refractivity contribution in [1.82, 2.24) is 0 Å². The van der Waals surface area contributed by atoms with Crippen LogP contribution in [0.25, 0.3) is 0 Å². The van der Waals surface area contributed by atoms with E-state index < -0.39 is 0 Å². The van der Waals surface area contributed by atoms with Crippen molar-refractivity contribution >= 4 is 5.97 Å². The van der Waals surface area contributed by atoms with E-state index in [2.05, 4.69) is 37.3 Å². The molecule has 0 bridgehead atoms. The van der Waals surface area contributed by atoms with E-state index in [1.54, 1.807) is 12.1 Å². The minimum atomic E-state index is -0.314. The Morgan fingerprint density at radius 3 is 2.22 bits per heavy atom. The van der Waals surface area contributed by atoms with Gasteiger partial charge in [-0.15, -0.1) is 0 Å². The lowest BCUT2D eigenvalue weighted by molar-refractivity contribution is 0.0600. The standard InChI is InChI=1S/C24H24O3/c1-3-21-12-11-20(15-18-9-13-22(14-10-18)24(25)26-2)16-23(21)27-17-19-7-5-4-6-8-19/h4-14,16H,3,15,17H2,1-2H3. The van der Waals surface area contributed by atoms with Crippen molar-refractivity contribution in [3.8, 4) is 5.75 Å². The van der Waals surface area contributed by atoms with E-state index >= 15 is 0 Å². The zero-order chi connectivity index (χ0) is 19.1. The molecule has 3 rings (SSSR count). The van der Waals surface area contributed by atoms with Gasteiger partial charge in [-0.1, -0.05) is 61.5 Å². The average Bonchev–Trinajstić information content (AvgIpc) is 2.73. The Balaban J connectivity index is 1.73. The SMILES string of the molecule is CCc1ccc(Cc2ccc(C(=O)OC)cc2)cc1OCc1ccccc1. The molecular weight excluding hydrogens is 336 g/mol. The molecule has 0 fully saturated rings. The molecule has 3 nitrogen and oxygen atoms in total. The minimum Gasteiger partial charge on any atom is -0.489 e. The average molecular weight is 360 g/mol. The molecular formula is C24H24O3. The second-order valence-corrected chi connectivity index (χ2v) is 6.44. The highest BCUT2D eigenvalue weighted by molar-refractivity contribution is 5.89. The van der Waals surface area contributed by atoms with Gasteiger partial charge in [0.2, 0.25) is 0 Å². The third kappa shape index (κ3) is 4.98. The van der Waals surface area contributed by atoms with Crippen LogP contribution in [0, 0.1) is 0 Å². The van der Waals surface area contributed by atoms with Crippen molar-refractivity contribution in [2.75, 3.05) is 7.11 Å². The van der Waals surface area contributed by atoms with Gasteiger partial charge in [0.25, 0.3) is 0 Å². The summed E-state index contributed by atoms with van der Waals surface area (Å²) in [6.07, 6.45) is 1.71. The Morgan fingerprint density at radius 1 is 0.852 bits per heavy atom. The molecule has 138 valence electrons. The lowest BCUT2D eigenvalue weighted by Crippen LogP contribution is -2.01. The molecule has 3 heteroatoms. The van der Waals surface area contributed by atoms with Crippen LogP contribution in [-0.4, -0.2) is 13.1 Å². The maximum absolute atomic E-state index is 11.5. The number of rotatable bonds is 7. The first-order valence-electron chi connectivity index (χ1n) is 9.15. The van der Waals surface area contributed by atoms with Crippen molar-refractivity contribution < 1.29 is 14.3 Å². The van der Waals surface area contributed by atoms with Gasteiger partial charge in [0.05, 0.1) is 12.7 Å². The lowest BCUT2D eigenvalue weighted by Gasteiger charge is -2.13. The molecule has 0 spiro atoms. The van der Waals surface area contributed by atoms with Gasteiger partial charge in [-0.3, -0.25) is 0 Å². The zero-order valence-corrected chi connectivity index (χ0v) is 15.8. The third-order valence-electron chi connectivity index (χ3n) is 4.53. The highest BCUT2D eigenvalue weighted by atomic mass is 16.5. The van der Waals surface area contributed by atoms with E-state index in [4.69, 9.17) is 9.47 Å². The van der Waals surface area contributed by atoms with Gasteiger partial charge in [0, 0.05) is 0 Å². The molecule has 0 heterocycles. The molecule has 0 saturated carbocycles. The van der Waals surface area contributed by atoms with Crippen molar-refractivity contribution in [1.29, 1.82) is 0 Å². The second kappa shape index (κ2) is 9.04. The second-order valence-electron chi connectivity index (χ2n) is 6.44.